The monoisotopic (exact) mass is 410 g/mol. The molecule has 2 aromatic rings. The Kier molecular flexibility index (Phi) is 9.99. The summed E-state index contributed by atoms with van der Waals surface area (Å²) in [6.07, 6.45) is 10.2. The van der Waals surface area contributed by atoms with Crippen LogP contribution in [-0.4, -0.2) is 9.97 Å². The molecular weight excluding hydrogens is 368 g/mol. The van der Waals surface area contributed by atoms with Crippen molar-refractivity contribution in [1.29, 1.82) is 0 Å². The van der Waals surface area contributed by atoms with Crippen molar-refractivity contribution in [2.24, 2.45) is 5.92 Å². The third-order valence-corrected chi connectivity index (χ3v) is 5.93. The first-order chi connectivity index (χ1) is 14.7. The molecule has 3 N–H and O–H groups in total. The van der Waals surface area contributed by atoms with E-state index >= 15 is 0 Å². The van der Waals surface area contributed by atoms with Gasteiger partial charge in [-0.15, -0.1) is 0 Å². The first kappa shape index (κ1) is 24.0. The Morgan fingerprint density at radius 3 is 2.13 bits per heavy atom. The summed E-state index contributed by atoms with van der Waals surface area (Å²) >= 11 is 0. The first-order valence-electron chi connectivity index (χ1n) is 12.0. The van der Waals surface area contributed by atoms with Crippen molar-refractivity contribution in [2.75, 3.05) is 0 Å². The zero-order valence-electron chi connectivity index (χ0n) is 19.8. The van der Waals surface area contributed by atoms with Crippen LogP contribution in [0.2, 0.25) is 0 Å². The van der Waals surface area contributed by atoms with E-state index in [1.54, 1.807) is 0 Å². The van der Waals surface area contributed by atoms with Crippen LogP contribution in [0.4, 0.5) is 0 Å². The molecule has 2 heterocycles. The van der Waals surface area contributed by atoms with E-state index in [2.05, 4.69) is 59.8 Å². The lowest BCUT2D eigenvalue weighted by Crippen LogP contribution is -2.24. The summed E-state index contributed by atoms with van der Waals surface area (Å²) in [7, 11) is 0. The van der Waals surface area contributed by atoms with E-state index in [9.17, 15) is 0 Å². The van der Waals surface area contributed by atoms with Gasteiger partial charge in [-0.25, -0.2) is 4.98 Å². The molecule has 1 aliphatic carbocycles. The van der Waals surface area contributed by atoms with Crippen molar-refractivity contribution in [1.82, 2.24) is 20.6 Å². The smallest absolute Gasteiger partial charge is 0.139 e. The molecule has 4 rings (SSSR count). The number of imidazole rings is 1. The van der Waals surface area contributed by atoms with Crippen molar-refractivity contribution in [3.8, 4) is 0 Å². The second-order valence-electron chi connectivity index (χ2n) is 8.07. The highest BCUT2D eigenvalue weighted by Crippen LogP contribution is 2.38. The molecule has 1 aliphatic heterocycles. The lowest BCUT2D eigenvalue weighted by atomic mass is 9.81. The van der Waals surface area contributed by atoms with Crippen LogP contribution in [0.3, 0.4) is 0 Å². The van der Waals surface area contributed by atoms with Gasteiger partial charge in [0.1, 0.15) is 12.0 Å². The van der Waals surface area contributed by atoms with Gasteiger partial charge in [-0.05, 0) is 30.7 Å². The molecule has 1 aromatic carbocycles. The molecule has 0 bridgehead atoms. The van der Waals surface area contributed by atoms with E-state index in [1.165, 1.54) is 42.6 Å². The fourth-order valence-electron chi connectivity index (χ4n) is 4.29. The Balaban J connectivity index is 0.000000757. The highest BCUT2D eigenvalue weighted by atomic mass is 15.2. The van der Waals surface area contributed by atoms with Gasteiger partial charge in [0, 0.05) is 24.2 Å². The van der Waals surface area contributed by atoms with Gasteiger partial charge in [0.25, 0.3) is 0 Å². The summed E-state index contributed by atoms with van der Waals surface area (Å²) in [5.41, 5.74) is 3.87. The number of H-pyrrole nitrogens is 1. The standard InChI is InChI=1S/C22H30N4.2C2H6/c1-15-8-10-18(11-9-15)19-20(22-23-12-13-24-22)26-21(25-19)16(2)14-17-6-4-3-5-7-17;2*1-2/h3-7,12-13,15-16,18,22-24H,8-11,14H2,1-2H3,(H,25,26);2*1-2H3/t15?,16-,18?;;/m0../s1. The van der Waals surface area contributed by atoms with Gasteiger partial charge in [-0.1, -0.05) is 84.7 Å². The zero-order chi connectivity index (χ0) is 21.9. The summed E-state index contributed by atoms with van der Waals surface area (Å²) in [6.45, 7) is 12.6. The number of aromatic amines is 1. The molecule has 0 spiro atoms. The summed E-state index contributed by atoms with van der Waals surface area (Å²) in [5.74, 6) is 2.93. The Bertz CT molecular complexity index is 734. The maximum absolute atomic E-state index is 5.14. The van der Waals surface area contributed by atoms with Gasteiger partial charge in [-0.2, -0.15) is 0 Å². The zero-order valence-corrected chi connectivity index (χ0v) is 19.8. The van der Waals surface area contributed by atoms with E-state index in [1.807, 2.05) is 40.1 Å². The number of nitrogens with zero attached hydrogens (tertiary/aromatic N) is 1. The van der Waals surface area contributed by atoms with Crippen molar-refractivity contribution < 1.29 is 0 Å². The molecule has 30 heavy (non-hydrogen) atoms. The largest absolute Gasteiger partial charge is 0.365 e. The number of hydrogen-bond donors (Lipinski definition) is 3. The molecule has 4 heteroatoms. The number of nitrogens with one attached hydrogen (secondary N) is 3. The molecule has 1 fully saturated rings. The second kappa shape index (κ2) is 12.5. The third-order valence-electron chi connectivity index (χ3n) is 5.93. The van der Waals surface area contributed by atoms with Crippen molar-refractivity contribution in [3.63, 3.8) is 0 Å². The van der Waals surface area contributed by atoms with Crippen LogP contribution >= 0.6 is 0 Å². The van der Waals surface area contributed by atoms with Crippen LogP contribution in [0.15, 0.2) is 42.7 Å². The van der Waals surface area contributed by atoms with Gasteiger partial charge in [-0.3, -0.25) is 0 Å². The lowest BCUT2D eigenvalue weighted by Gasteiger charge is -2.26. The van der Waals surface area contributed by atoms with Crippen LogP contribution in [-0.2, 0) is 6.42 Å². The number of rotatable bonds is 5. The van der Waals surface area contributed by atoms with Crippen molar-refractivity contribution in [2.45, 2.75) is 91.6 Å². The van der Waals surface area contributed by atoms with Crippen LogP contribution in [0, 0.1) is 5.92 Å². The van der Waals surface area contributed by atoms with Gasteiger partial charge in [0.15, 0.2) is 0 Å². The van der Waals surface area contributed by atoms with Gasteiger partial charge >= 0.3 is 0 Å². The molecule has 1 atom stereocenters. The van der Waals surface area contributed by atoms with Crippen LogP contribution < -0.4 is 10.6 Å². The quantitative estimate of drug-likeness (QED) is 0.510. The minimum absolute atomic E-state index is 0.120. The normalized spacial score (nSPS) is 21.4. The lowest BCUT2D eigenvalue weighted by molar-refractivity contribution is 0.341. The number of aromatic nitrogens is 2. The Hall–Kier alpha value is -2.23. The second-order valence-corrected chi connectivity index (χ2v) is 8.07. The maximum atomic E-state index is 5.14. The van der Waals surface area contributed by atoms with Gasteiger partial charge < -0.3 is 15.6 Å². The van der Waals surface area contributed by atoms with Gasteiger partial charge in [0.05, 0.1) is 11.4 Å². The highest BCUT2D eigenvalue weighted by Gasteiger charge is 2.29. The molecule has 0 radical (unpaired) electrons. The topological polar surface area (TPSA) is 52.7 Å². The van der Waals surface area contributed by atoms with E-state index in [4.69, 9.17) is 4.98 Å². The SMILES string of the molecule is CC.CC.CC1CCC(c2nc([C@@H](C)Cc3ccccc3)[nH]c2C2NC=CN2)CC1. The minimum Gasteiger partial charge on any atom is -0.365 e. The third kappa shape index (κ3) is 6.13. The van der Waals surface area contributed by atoms with E-state index in [-0.39, 0.29) is 6.17 Å². The van der Waals surface area contributed by atoms with E-state index < -0.39 is 0 Å². The summed E-state index contributed by atoms with van der Waals surface area (Å²) < 4.78 is 0. The van der Waals surface area contributed by atoms with Crippen molar-refractivity contribution >= 4 is 0 Å². The molecule has 1 aromatic heterocycles. The average Bonchev–Trinajstić information content (AvgIpc) is 3.48. The summed E-state index contributed by atoms with van der Waals surface area (Å²) in [6, 6.07) is 10.7. The van der Waals surface area contributed by atoms with E-state index in [0.29, 0.717) is 11.8 Å². The van der Waals surface area contributed by atoms with Crippen molar-refractivity contribution in [3.05, 3.63) is 65.5 Å². The number of benzene rings is 1. The fourth-order valence-corrected chi connectivity index (χ4v) is 4.29. The Morgan fingerprint density at radius 1 is 0.933 bits per heavy atom. The van der Waals surface area contributed by atoms with Crippen LogP contribution in [0.1, 0.15) is 108 Å². The average molecular weight is 411 g/mol. The summed E-state index contributed by atoms with van der Waals surface area (Å²) in [5, 5.41) is 6.80. The first-order valence-corrected chi connectivity index (χ1v) is 12.0. The molecule has 2 aliphatic rings. The van der Waals surface area contributed by atoms with Crippen LogP contribution in [0.5, 0.6) is 0 Å². The fraction of sp³-hybridized carbons (Fsp3) is 0.577. The van der Waals surface area contributed by atoms with Crippen LogP contribution in [0.25, 0.3) is 0 Å². The molecule has 166 valence electrons. The molecule has 0 saturated heterocycles. The predicted molar refractivity (Wildman–Crippen MR) is 128 cm³/mol. The molecule has 1 saturated carbocycles. The van der Waals surface area contributed by atoms with E-state index in [0.717, 1.165) is 18.2 Å². The summed E-state index contributed by atoms with van der Waals surface area (Å²) in [4.78, 5) is 8.81. The molecule has 4 nitrogen and oxygen atoms in total. The Labute approximate surface area is 184 Å². The maximum Gasteiger partial charge on any atom is 0.139 e. The minimum atomic E-state index is 0.120. The van der Waals surface area contributed by atoms with Gasteiger partial charge in [0.2, 0.25) is 0 Å². The number of hydrogen-bond acceptors (Lipinski definition) is 3. The molecule has 0 unspecified atom stereocenters. The molecular formula is C26H42N4. The predicted octanol–water partition coefficient (Wildman–Crippen LogP) is 6.76. The highest BCUT2D eigenvalue weighted by molar-refractivity contribution is 5.27. The molecule has 0 amide bonds. The Morgan fingerprint density at radius 2 is 1.53 bits per heavy atom.